The minimum absolute atomic E-state index is 0.185. The number of carbonyl (C=O) groups excluding carboxylic acids is 2. The molecule has 0 spiro atoms. The van der Waals surface area contributed by atoms with Crippen molar-refractivity contribution in [2.45, 2.75) is 296 Å². The lowest BCUT2D eigenvalue weighted by Gasteiger charge is -2.25. The zero-order chi connectivity index (χ0) is 57.6. The molecule has 0 saturated heterocycles. The molecule has 0 aromatic carbocycles. The molecule has 9 heteroatoms. The standard InChI is InChI=1S/C70H123NO8/c1-6-8-10-12-14-16-18-20-22-24-25-26-27-28-29-30-31-32-33-34-35-36-37-38-39-40-41-42-43-45-47-49-51-53-55-57-59-61-68(73)79-66(65-78-70(69(74)75)76-63-62-71(3,4)5)64-77-67(72)60-58-56-54-52-50-48-46-44-23-21-19-17-15-13-11-9-7-2/h8,10,14-17,20-23,25-26,28-29,66,70H,6-7,9,11-13,18-19,24,27,30-65H2,1-5H3/p+1/b10-8-,16-14-,17-15-,22-20-,23-21-,26-25-,29-28-. The van der Waals surface area contributed by atoms with Crippen molar-refractivity contribution in [1.29, 1.82) is 0 Å². The van der Waals surface area contributed by atoms with Crippen LogP contribution in [-0.4, -0.2) is 87.4 Å². The lowest BCUT2D eigenvalue weighted by atomic mass is 10.0. The summed E-state index contributed by atoms with van der Waals surface area (Å²) in [7, 11) is 5.97. The third kappa shape index (κ3) is 61.9. The molecule has 0 aromatic heterocycles. The molecule has 0 rings (SSSR count). The van der Waals surface area contributed by atoms with Crippen LogP contribution in [0.2, 0.25) is 0 Å². The largest absolute Gasteiger partial charge is 0.477 e. The van der Waals surface area contributed by atoms with Crippen LogP contribution in [0.1, 0.15) is 284 Å². The first-order valence-electron chi connectivity index (χ1n) is 32.8. The number of carbonyl (C=O) groups is 3. The number of esters is 2. The van der Waals surface area contributed by atoms with Crippen molar-refractivity contribution in [3.05, 3.63) is 85.1 Å². The maximum absolute atomic E-state index is 12.9. The van der Waals surface area contributed by atoms with Crippen molar-refractivity contribution in [2.75, 3.05) is 47.5 Å². The number of rotatable bonds is 60. The van der Waals surface area contributed by atoms with Crippen LogP contribution >= 0.6 is 0 Å². The third-order valence-corrected chi connectivity index (χ3v) is 14.1. The Morgan fingerprint density at radius 1 is 0.392 bits per heavy atom. The number of likely N-dealkylation sites (N-methyl/N-ethyl adjacent to an activating group) is 1. The predicted octanol–water partition coefficient (Wildman–Crippen LogP) is 19.9. The summed E-state index contributed by atoms with van der Waals surface area (Å²) in [5.74, 6) is -2.01. The van der Waals surface area contributed by atoms with Crippen molar-refractivity contribution < 1.29 is 42.9 Å². The van der Waals surface area contributed by atoms with Crippen LogP contribution in [0, 0.1) is 0 Å². The van der Waals surface area contributed by atoms with Gasteiger partial charge >= 0.3 is 17.9 Å². The molecule has 0 aliphatic carbocycles. The van der Waals surface area contributed by atoms with E-state index in [0.717, 1.165) is 89.9 Å². The van der Waals surface area contributed by atoms with E-state index in [9.17, 15) is 19.5 Å². The summed E-state index contributed by atoms with van der Waals surface area (Å²) in [6, 6.07) is 0. The van der Waals surface area contributed by atoms with Crippen LogP contribution < -0.4 is 0 Å². The van der Waals surface area contributed by atoms with Crippen molar-refractivity contribution in [3.63, 3.8) is 0 Å². The van der Waals surface area contributed by atoms with Gasteiger partial charge in [0.2, 0.25) is 0 Å². The van der Waals surface area contributed by atoms with E-state index >= 15 is 0 Å². The number of aliphatic carboxylic acids is 1. The van der Waals surface area contributed by atoms with Crippen LogP contribution in [0.25, 0.3) is 0 Å². The van der Waals surface area contributed by atoms with Gasteiger partial charge in [0.15, 0.2) is 6.10 Å². The zero-order valence-electron chi connectivity index (χ0n) is 52.0. The Bertz CT molecular complexity index is 1570. The fourth-order valence-electron chi connectivity index (χ4n) is 9.13. The van der Waals surface area contributed by atoms with Crippen LogP contribution in [0.4, 0.5) is 0 Å². The molecule has 456 valence electrons. The summed E-state index contributed by atoms with van der Waals surface area (Å²) >= 11 is 0. The van der Waals surface area contributed by atoms with E-state index in [1.165, 1.54) is 167 Å². The van der Waals surface area contributed by atoms with Crippen molar-refractivity contribution >= 4 is 17.9 Å². The molecule has 0 saturated carbocycles. The predicted molar refractivity (Wildman–Crippen MR) is 336 cm³/mol. The monoisotopic (exact) mass is 1110 g/mol. The molecule has 0 amide bonds. The maximum Gasteiger partial charge on any atom is 0.361 e. The van der Waals surface area contributed by atoms with E-state index in [1.807, 2.05) is 21.1 Å². The summed E-state index contributed by atoms with van der Waals surface area (Å²) in [6.07, 6.45) is 78.3. The van der Waals surface area contributed by atoms with E-state index in [0.29, 0.717) is 17.4 Å². The Hall–Kier alpha value is -3.53. The Labute approximate surface area is 487 Å². The van der Waals surface area contributed by atoms with Gasteiger partial charge in [-0.2, -0.15) is 0 Å². The second-order valence-electron chi connectivity index (χ2n) is 23.0. The van der Waals surface area contributed by atoms with E-state index in [-0.39, 0.29) is 32.2 Å². The number of nitrogens with zero attached hydrogens (tertiary/aromatic N) is 1. The molecule has 2 atom stereocenters. The van der Waals surface area contributed by atoms with Gasteiger partial charge < -0.3 is 28.5 Å². The van der Waals surface area contributed by atoms with Gasteiger partial charge in [-0.05, 0) is 89.9 Å². The molecule has 0 fully saturated rings. The van der Waals surface area contributed by atoms with E-state index in [2.05, 4.69) is 98.9 Å². The molecule has 0 radical (unpaired) electrons. The Morgan fingerprint density at radius 2 is 0.722 bits per heavy atom. The fourth-order valence-corrected chi connectivity index (χ4v) is 9.13. The Kier molecular flexibility index (Phi) is 57.9. The Balaban J connectivity index is 4.04. The number of carboxylic acids is 1. The van der Waals surface area contributed by atoms with E-state index in [4.69, 9.17) is 18.9 Å². The summed E-state index contributed by atoms with van der Waals surface area (Å²) in [5.41, 5.74) is 0. The number of allylic oxidation sites excluding steroid dienone is 14. The van der Waals surface area contributed by atoms with Gasteiger partial charge in [-0.3, -0.25) is 9.59 Å². The summed E-state index contributed by atoms with van der Waals surface area (Å²) in [5, 5.41) is 9.72. The van der Waals surface area contributed by atoms with Gasteiger partial charge in [0.25, 0.3) is 6.29 Å². The molecular formula is C70H124NO8+. The molecule has 2 unspecified atom stereocenters. The fraction of sp³-hybridized carbons (Fsp3) is 0.757. The lowest BCUT2D eigenvalue weighted by molar-refractivity contribution is -0.870. The van der Waals surface area contributed by atoms with Crippen LogP contribution in [0.15, 0.2) is 85.1 Å². The van der Waals surface area contributed by atoms with Crippen molar-refractivity contribution in [1.82, 2.24) is 0 Å². The Morgan fingerprint density at radius 3 is 1.08 bits per heavy atom. The second-order valence-corrected chi connectivity index (χ2v) is 23.0. The zero-order valence-corrected chi connectivity index (χ0v) is 52.0. The highest BCUT2D eigenvalue weighted by Gasteiger charge is 2.25. The summed E-state index contributed by atoms with van der Waals surface area (Å²) in [6.45, 7) is 4.75. The smallest absolute Gasteiger partial charge is 0.361 e. The van der Waals surface area contributed by atoms with E-state index in [1.54, 1.807) is 0 Å². The number of carboxylic acid groups (broad SMARTS) is 1. The van der Waals surface area contributed by atoms with Crippen molar-refractivity contribution in [2.24, 2.45) is 0 Å². The number of ether oxygens (including phenoxy) is 4. The van der Waals surface area contributed by atoms with Crippen LogP contribution in [0.3, 0.4) is 0 Å². The number of hydrogen-bond acceptors (Lipinski definition) is 7. The maximum atomic E-state index is 12.9. The molecule has 79 heavy (non-hydrogen) atoms. The first-order valence-corrected chi connectivity index (χ1v) is 32.8. The highest BCUT2D eigenvalue weighted by atomic mass is 16.7. The first kappa shape index (κ1) is 75.5. The topological polar surface area (TPSA) is 108 Å². The van der Waals surface area contributed by atoms with Gasteiger partial charge in [-0.25, -0.2) is 4.79 Å². The highest BCUT2D eigenvalue weighted by Crippen LogP contribution is 2.17. The summed E-state index contributed by atoms with van der Waals surface area (Å²) < 4.78 is 22.9. The van der Waals surface area contributed by atoms with Gasteiger partial charge in [0.1, 0.15) is 13.2 Å². The van der Waals surface area contributed by atoms with E-state index < -0.39 is 24.3 Å². The lowest BCUT2D eigenvalue weighted by Crippen LogP contribution is -2.40. The number of hydrogen-bond donors (Lipinski definition) is 1. The number of unbranched alkanes of at least 4 members (excludes halogenated alkanes) is 31. The minimum atomic E-state index is -1.51. The SMILES string of the molecule is CC/C=C\C/C=C\C/C=C\C/C=C\C/C=C\CCCCCCCCCCCCCCCCCCCCCCCC(=O)OC(COC(=O)CCCCCCCCC/C=C\C/C=C\CCCCC)COC(OCC[N+](C)(C)C)C(=O)O. The first-order chi connectivity index (χ1) is 38.6. The molecule has 0 aliphatic rings. The second kappa shape index (κ2) is 60.6. The minimum Gasteiger partial charge on any atom is -0.477 e. The average Bonchev–Trinajstić information content (AvgIpc) is 3.42. The van der Waals surface area contributed by atoms with Crippen LogP contribution in [-0.2, 0) is 33.3 Å². The molecule has 0 bridgehead atoms. The molecular weight excluding hydrogens is 983 g/mol. The third-order valence-electron chi connectivity index (χ3n) is 14.1. The van der Waals surface area contributed by atoms with Crippen molar-refractivity contribution in [3.8, 4) is 0 Å². The average molecular weight is 1110 g/mol. The van der Waals surface area contributed by atoms with Gasteiger partial charge in [-0.1, -0.05) is 266 Å². The molecule has 0 aliphatic heterocycles. The van der Waals surface area contributed by atoms with Gasteiger partial charge in [0.05, 0.1) is 34.4 Å². The van der Waals surface area contributed by atoms with Gasteiger partial charge in [0, 0.05) is 12.8 Å². The quantitative estimate of drug-likeness (QED) is 0.0211. The normalized spacial score (nSPS) is 13.3. The van der Waals surface area contributed by atoms with Gasteiger partial charge in [-0.15, -0.1) is 0 Å². The number of quaternary nitrogens is 1. The molecule has 1 N–H and O–H groups in total. The summed E-state index contributed by atoms with van der Waals surface area (Å²) in [4.78, 5) is 37.5. The molecule has 0 heterocycles. The highest BCUT2D eigenvalue weighted by molar-refractivity contribution is 5.71. The van der Waals surface area contributed by atoms with Crippen LogP contribution in [0.5, 0.6) is 0 Å². The molecule has 0 aromatic rings. The molecule has 9 nitrogen and oxygen atoms in total.